The quantitative estimate of drug-likeness (QED) is 0.723. The number of amides is 1. The highest BCUT2D eigenvalue weighted by atomic mass is 16.5. The van der Waals surface area contributed by atoms with E-state index in [0.29, 0.717) is 13.2 Å². The largest absolute Gasteiger partial charge is 0.490 e. The smallest absolute Gasteiger partial charge is 0.234 e. The maximum atomic E-state index is 12.5. The van der Waals surface area contributed by atoms with Crippen molar-refractivity contribution in [2.45, 2.75) is 31.8 Å². The van der Waals surface area contributed by atoms with E-state index >= 15 is 0 Å². The maximum absolute atomic E-state index is 12.5. The summed E-state index contributed by atoms with van der Waals surface area (Å²) in [6.45, 7) is 5.25. The van der Waals surface area contributed by atoms with Crippen LogP contribution in [0.25, 0.3) is 0 Å². The number of aryl methyl sites for hydroxylation is 1. The molecule has 27 heavy (non-hydrogen) atoms. The maximum Gasteiger partial charge on any atom is 0.234 e. The fourth-order valence-electron chi connectivity index (χ4n) is 3.60. The summed E-state index contributed by atoms with van der Waals surface area (Å²) in [4.78, 5) is 14.5. The summed E-state index contributed by atoms with van der Waals surface area (Å²) < 4.78 is 5.50. The Morgan fingerprint density at radius 2 is 2.04 bits per heavy atom. The number of ether oxygens (including phenoxy) is 1. The van der Waals surface area contributed by atoms with Crippen molar-refractivity contribution < 1.29 is 9.53 Å². The minimum atomic E-state index is 0.0742. The zero-order valence-corrected chi connectivity index (χ0v) is 16.0. The Morgan fingerprint density at radius 1 is 1.26 bits per heavy atom. The number of hydrogen-bond donors (Lipinski definition) is 1. The molecule has 0 saturated carbocycles. The highest BCUT2D eigenvalue weighted by Gasteiger charge is 2.21. The number of fused-ring (bicyclic) bond motifs is 1. The first-order valence-electron chi connectivity index (χ1n) is 9.54. The molecule has 0 saturated heterocycles. The van der Waals surface area contributed by atoms with Gasteiger partial charge in [-0.2, -0.15) is 0 Å². The van der Waals surface area contributed by atoms with E-state index in [4.69, 9.17) is 4.74 Å². The van der Waals surface area contributed by atoms with E-state index in [1.807, 2.05) is 36.2 Å². The Labute approximate surface area is 161 Å². The molecular weight excluding hydrogens is 336 g/mol. The fourth-order valence-corrected chi connectivity index (χ4v) is 3.60. The van der Waals surface area contributed by atoms with E-state index in [9.17, 15) is 4.79 Å². The molecule has 1 aliphatic rings. The Kier molecular flexibility index (Phi) is 6.66. The first kappa shape index (κ1) is 19.2. The van der Waals surface area contributed by atoms with Crippen LogP contribution in [0, 0.1) is 0 Å². The van der Waals surface area contributed by atoms with Crippen molar-refractivity contribution in [3.63, 3.8) is 0 Å². The Hall–Kier alpha value is -2.59. The molecule has 1 amide bonds. The molecule has 0 fully saturated rings. The molecule has 3 rings (SSSR count). The summed E-state index contributed by atoms with van der Waals surface area (Å²) in [7, 11) is 1.97. The summed E-state index contributed by atoms with van der Waals surface area (Å²) in [5.41, 5.74) is 3.79. The molecular formula is C23H28N2O2. The molecule has 0 radical (unpaired) electrons. The van der Waals surface area contributed by atoms with Crippen molar-refractivity contribution in [1.29, 1.82) is 0 Å². The highest BCUT2D eigenvalue weighted by molar-refractivity contribution is 5.78. The van der Waals surface area contributed by atoms with Gasteiger partial charge >= 0.3 is 0 Å². The predicted molar refractivity (Wildman–Crippen MR) is 109 cm³/mol. The van der Waals surface area contributed by atoms with Crippen molar-refractivity contribution in [2.75, 3.05) is 20.2 Å². The van der Waals surface area contributed by atoms with E-state index < -0.39 is 0 Å². The summed E-state index contributed by atoms with van der Waals surface area (Å²) >= 11 is 0. The van der Waals surface area contributed by atoms with Gasteiger partial charge in [-0.3, -0.25) is 9.69 Å². The van der Waals surface area contributed by atoms with E-state index in [-0.39, 0.29) is 11.9 Å². The van der Waals surface area contributed by atoms with Crippen molar-refractivity contribution >= 4 is 5.91 Å². The number of carbonyl (C=O) groups is 1. The second-order valence-corrected chi connectivity index (χ2v) is 7.13. The van der Waals surface area contributed by atoms with Gasteiger partial charge in [-0.15, -0.1) is 0 Å². The van der Waals surface area contributed by atoms with Crippen LogP contribution < -0.4 is 10.1 Å². The summed E-state index contributed by atoms with van der Waals surface area (Å²) in [6, 6.07) is 16.5. The molecule has 4 nitrogen and oxygen atoms in total. The molecule has 4 heteroatoms. The molecule has 0 aromatic heterocycles. The van der Waals surface area contributed by atoms with E-state index in [1.54, 1.807) is 6.08 Å². The van der Waals surface area contributed by atoms with Crippen LogP contribution in [-0.4, -0.2) is 31.0 Å². The van der Waals surface area contributed by atoms with E-state index in [2.05, 4.69) is 36.2 Å². The monoisotopic (exact) mass is 364 g/mol. The van der Waals surface area contributed by atoms with Crippen LogP contribution in [0.4, 0.5) is 0 Å². The van der Waals surface area contributed by atoms with Gasteiger partial charge in [-0.1, -0.05) is 49.1 Å². The zero-order valence-electron chi connectivity index (χ0n) is 16.0. The van der Waals surface area contributed by atoms with Crippen molar-refractivity contribution in [3.05, 3.63) is 77.9 Å². The van der Waals surface area contributed by atoms with Crippen LogP contribution in [0.3, 0.4) is 0 Å². The summed E-state index contributed by atoms with van der Waals surface area (Å²) in [6.07, 6.45) is 4.97. The first-order chi connectivity index (χ1) is 13.2. The fraction of sp³-hybridized carbons (Fsp3) is 0.348. The molecule has 142 valence electrons. The lowest BCUT2D eigenvalue weighted by Crippen LogP contribution is -2.38. The van der Waals surface area contributed by atoms with Crippen molar-refractivity contribution in [3.8, 4) is 5.75 Å². The average molecular weight is 364 g/mol. The Balaban J connectivity index is 1.50. The molecule has 2 aromatic carbocycles. The van der Waals surface area contributed by atoms with E-state index in [1.165, 1.54) is 11.1 Å². The second kappa shape index (κ2) is 9.38. The van der Waals surface area contributed by atoms with Gasteiger partial charge in [0, 0.05) is 6.54 Å². The van der Waals surface area contributed by atoms with Crippen LogP contribution >= 0.6 is 0 Å². The van der Waals surface area contributed by atoms with Crippen molar-refractivity contribution in [1.82, 2.24) is 10.2 Å². The van der Waals surface area contributed by atoms with Gasteiger partial charge in [0.2, 0.25) is 5.91 Å². The third-order valence-corrected chi connectivity index (χ3v) is 4.86. The Morgan fingerprint density at radius 3 is 2.81 bits per heavy atom. The number of likely N-dealkylation sites (N-methyl/N-ethyl adjacent to an activating group) is 1. The van der Waals surface area contributed by atoms with Gasteiger partial charge in [0.1, 0.15) is 12.4 Å². The van der Waals surface area contributed by atoms with E-state index in [0.717, 1.165) is 37.1 Å². The standard InChI is InChI=1S/C23H28N2O2/c1-3-15-27-20-13-11-18(12-14-20)16-25(2)17-23(26)24-22-10-6-8-19-7-4-5-9-21(19)22/h3-5,7,9,11-14,22H,1,6,8,10,15-17H2,2H3,(H,24,26)/t22-/m1/s1. The van der Waals surface area contributed by atoms with Crippen LogP contribution in [-0.2, 0) is 17.8 Å². The van der Waals surface area contributed by atoms with Gasteiger partial charge < -0.3 is 10.1 Å². The minimum Gasteiger partial charge on any atom is -0.490 e. The van der Waals surface area contributed by atoms with Gasteiger partial charge in [0.25, 0.3) is 0 Å². The first-order valence-corrected chi connectivity index (χ1v) is 9.54. The number of benzene rings is 2. The molecule has 0 heterocycles. The van der Waals surface area contributed by atoms with Gasteiger partial charge in [0.15, 0.2) is 0 Å². The minimum absolute atomic E-state index is 0.0742. The van der Waals surface area contributed by atoms with Gasteiger partial charge in [0.05, 0.1) is 12.6 Å². The topological polar surface area (TPSA) is 41.6 Å². The molecule has 1 N–H and O–H groups in total. The number of rotatable bonds is 8. The molecule has 0 spiro atoms. The molecule has 1 aliphatic carbocycles. The number of carbonyl (C=O) groups excluding carboxylic acids is 1. The SMILES string of the molecule is C=CCOc1ccc(CN(C)CC(=O)N[C@@H]2CCCc3ccccc32)cc1. The lowest BCUT2D eigenvalue weighted by Gasteiger charge is -2.27. The van der Waals surface area contributed by atoms with Crippen molar-refractivity contribution in [2.24, 2.45) is 0 Å². The van der Waals surface area contributed by atoms with Crippen LogP contribution in [0.2, 0.25) is 0 Å². The van der Waals surface area contributed by atoms with Crippen LogP contribution in [0.5, 0.6) is 5.75 Å². The summed E-state index contributed by atoms with van der Waals surface area (Å²) in [5, 5.41) is 3.21. The lowest BCUT2D eigenvalue weighted by atomic mass is 9.88. The number of nitrogens with one attached hydrogen (secondary N) is 1. The van der Waals surface area contributed by atoms with Crippen LogP contribution in [0.1, 0.15) is 35.6 Å². The molecule has 1 atom stereocenters. The Bertz CT molecular complexity index is 770. The van der Waals surface area contributed by atoms with Gasteiger partial charge in [-0.05, 0) is 55.1 Å². The highest BCUT2D eigenvalue weighted by Crippen LogP contribution is 2.29. The zero-order chi connectivity index (χ0) is 19.1. The normalized spacial score (nSPS) is 15.9. The van der Waals surface area contributed by atoms with Crippen LogP contribution in [0.15, 0.2) is 61.2 Å². The summed E-state index contributed by atoms with van der Waals surface area (Å²) in [5.74, 6) is 0.903. The lowest BCUT2D eigenvalue weighted by molar-refractivity contribution is -0.122. The average Bonchev–Trinajstić information content (AvgIpc) is 2.67. The molecule has 0 aliphatic heterocycles. The van der Waals surface area contributed by atoms with Gasteiger partial charge in [-0.25, -0.2) is 0 Å². The second-order valence-electron chi connectivity index (χ2n) is 7.13. The predicted octanol–water partition coefficient (Wildman–Crippen LogP) is 3.88. The molecule has 0 bridgehead atoms. The third-order valence-electron chi connectivity index (χ3n) is 4.86. The number of hydrogen-bond acceptors (Lipinski definition) is 3. The molecule has 2 aromatic rings. The molecule has 0 unspecified atom stereocenters. The number of nitrogens with zero attached hydrogens (tertiary/aromatic N) is 1. The third kappa shape index (κ3) is 5.44.